The SMILES string of the molecule is O=[N+]([O-])c1c(Nc2cccc(Cl)c2)ncnc1Nc1cccnc1Cl. The summed E-state index contributed by atoms with van der Waals surface area (Å²) in [6, 6.07) is 10.0. The first-order valence-electron chi connectivity index (χ1n) is 6.94. The molecule has 0 spiro atoms. The van der Waals surface area contributed by atoms with E-state index in [4.69, 9.17) is 23.2 Å². The Bertz CT molecular complexity index is 937. The largest absolute Gasteiger partial charge is 0.353 e. The average Bonchev–Trinajstić information content (AvgIpc) is 2.57. The quantitative estimate of drug-likeness (QED) is 0.381. The van der Waals surface area contributed by atoms with Crippen molar-refractivity contribution in [2.45, 2.75) is 0 Å². The second kappa shape index (κ2) is 7.29. The number of nitrogens with zero attached hydrogens (tertiary/aromatic N) is 4. The van der Waals surface area contributed by atoms with Crippen molar-refractivity contribution in [1.29, 1.82) is 0 Å². The van der Waals surface area contributed by atoms with Crippen LogP contribution in [-0.2, 0) is 0 Å². The minimum Gasteiger partial charge on any atom is -0.334 e. The van der Waals surface area contributed by atoms with Gasteiger partial charge in [0, 0.05) is 16.9 Å². The van der Waals surface area contributed by atoms with Crippen LogP contribution in [0.3, 0.4) is 0 Å². The molecule has 3 rings (SSSR count). The van der Waals surface area contributed by atoms with Gasteiger partial charge in [-0.1, -0.05) is 29.3 Å². The molecule has 126 valence electrons. The number of pyridine rings is 1. The number of anilines is 4. The van der Waals surface area contributed by atoms with Crippen molar-refractivity contribution in [3.8, 4) is 0 Å². The molecule has 0 amide bonds. The zero-order valence-electron chi connectivity index (χ0n) is 12.5. The lowest BCUT2D eigenvalue weighted by Crippen LogP contribution is -2.06. The Morgan fingerprint density at radius 3 is 2.44 bits per heavy atom. The number of aromatic nitrogens is 3. The predicted molar refractivity (Wildman–Crippen MR) is 96.0 cm³/mol. The summed E-state index contributed by atoms with van der Waals surface area (Å²) in [5, 5.41) is 17.9. The van der Waals surface area contributed by atoms with Gasteiger partial charge in [0.1, 0.15) is 6.33 Å². The van der Waals surface area contributed by atoms with Gasteiger partial charge < -0.3 is 10.6 Å². The molecule has 0 aliphatic heterocycles. The molecule has 0 unspecified atom stereocenters. The normalized spacial score (nSPS) is 10.3. The van der Waals surface area contributed by atoms with Crippen LogP contribution in [0.1, 0.15) is 0 Å². The van der Waals surface area contributed by atoms with E-state index in [2.05, 4.69) is 25.6 Å². The summed E-state index contributed by atoms with van der Waals surface area (Å²) in [7, 11) is 0. The highest BCUT2D eigenvalue weighted by molar-refractivity contribution is 6.32. The summed E-state index contributed by atoms with van der Waals surface area (Å²) in [6.07, 6.45) is 2.71. The van der Waals surface area contributed by atoms with Crippen LogP contribution in [0.15, 0.2) is 48.9 Å². The van der Waals surface area contributed by atoms with Crippen molar-refractivity contribution in [1.82, 2.24) is 15.0 Å². The summed E-state index contributed by atoms with van der Waals surface area (Å²) in [4.78, 5) is 22.8. The van der Waals surface area contributed by atoms with E-state index in [-0.39, 0.29) is 22.5 Å². The van der Waals surface area contributed by atoms with Gasteiger partial charge in [0.2, 0.25) is 11.6 Å². The van der Waals surface area contributed by atoms with Crippen LogP contribution in [-0.4, -0.2) is 19.9 Å². The second-order valence-corrected chi connectivity index (χ2v) is 5.57. The lowest BCUT2D eigenvalue weighted by molar-refractivity contribution is -0.383. The summed E-state index contributed by atoms with van der Waals surface area (Å²) >= 11 is 11.9. The molecule has 2 N–H and O–H groups in total. The second-order valence-electron chi connectivity index (χ2n) is 4.78. The molecule has 0 fully saturated rings. The van der Waals surface area contributed by atoms with Gasteiger partial charge in [-0.3, -0.25) is 10.1 Å². The van der Waals surface area contributed by atoms with Crippen molar-refractivity contribution < 1.29 is 4.92 Å². The number of rotatable bonds is 5. The monoisotopic (exact) mass is 376 g/mol. The Hall–Kier alpha value is -2.97. The standard InChI is InChI=1S/C15H10Cl2N6O2/c16-9-3-1-4-10(7-9)21-14-12(23(24)25)15(20-8-19-14)22-11-5-2-6-18-13(11)17/h1-8H,(H2,19,20,21,22). The van der Waals surface area contributed by atoms with Crippen LogP contribution in [0, 0.1) is 10.1 Å². The molecule has 0 aliphatic rings. The number of benzene rings is 1. The lowest BCUT2D eigenvalue weighted by atomic mass is 10.3. The minimum atomic E-state index is -0.584. The predicted octanol–water partition coefficient (Wildman–Crippen LogP) is 4.57. The van der Waals surface area contributed by atoms with Gasteiger partial charge in [-0.2, -0.15) is 0 Å². The van der Waals surface area contributed by atoms with Crippen molar-refractivity contribution >= 4 is 51.9 Å². The van der Waals surface area contributed by atoms with E-state index in [0.717, 1.165) is 0 Å². The number of nitrogens with one attached hydrogen (secondary N) is 2. The highest BCUT2D eigenvalue weighted by atomic mass is 35.5. The molecule has 0 aliphatic carbocycles. The first-order chi connectivity index (χ1) is 12.0. The number of hydrogen-bond acceptors (Lipinski definition) is 7. The van der Waals surface area contributed by atoms with Gasteiger partial charge >= 0.3 is 5.69 Å². The van der Waals surface area contributed by atoms with Gasteiger partial charge in [-0.25, -0.2) is 15.0 Å². The number of halogens is 2. The first kappa shape index (κ1) is 16.9. The molecule has 25 heavy (non-hydrogen) atoms. The molecule has 0 radical (unpaired) electrons. The number of nitro groups is 1. The fourth-order valence-corrected chi connectivity index (χ4v) is 2.40. The van der Waals surface area contributed by atoms with Crippen molar-refractivity contribution in [2.24, 2.45) is 0 Å². The lowest BCUT2D eigenvalue weighted by Gasteiger charge is -2.10. The van der Waals surface area contributed by atoms with Crippen LogP contribution in [0.5, 0.6) is 0 Å². The van der Waals surface area contributed by atoms with Crippen LogP contribution < -0.4 is 10.6 Å². The van der Waals surface area contributed by atoms with E-state index in [9.17, 15) is 10.1 Å². The minimum absolute atomic E-state index is 0.0144. The summed E-state index contributed by atoms with van der Waals surface area (Å²) in [6.45, 7) is 0. The Kier molecular flexibility index (Phi) is 4.92. The van der Waals surface area contributed by atoms with Crippen molar-refractivity contribution in [3.63, 3.8) is 0 Å². The molecule has 0 saturated carbocycles. The van der Waals surface area contributed by atoms with Crippen LogP contribution >= 0.6 is 23.2 Å². The number of hydrogen-bond donors (Lipinski definition) is 2. The van der Waals surface area contributed by atoms with Gasteiger partial charge in [0.15, 0.2) is 5.15 Å². The maximum atomic E-state index is 11.5. The van der Waals surface area contributed by atoms with Gasteiger partial charge in [-0.05, 0) is 30.3 Å². The summed E-state index contributed by atoms with van der Waals surface area (Å²) in [5.41, 5.74) is 0.613. The molecular formula is C15H10Cl2N6O2. The van der Waals surface area contributed by atoms with E-state index in [1.165, 1.54) is 12.5 Å². The Labute approximate surface area is 152 Å². The summed E-state index contributed by atoms with van der Waals surface area (Å²) < 4.78 is 0. The highest BCUT2D eigenvalue weighted by Crippen LogP contribution is 2.34. The average molecular weight is 377 g/mol. The van der Waals surface area contributed by atoms with Gasteiger partial charge in [0.25, 0.3) is 0 Å². The summed E-state index contributed by atoms with van der Waals surface area (Å²) in [5.74, 6) is 0.00390. The zero-order valence-corrected chi connectivity index (χ0v) is 14.0. The van der Waals surface area contributed by atoms with E-state index in [0.29, 0.717) is 16.4 Å². The molecule has 2 aromatic heterocycles. The molecular weight excluding hydrogens is 367 g/mol. The fraction of sp³-hybridized carbons (Fsp3) is 0. The van der Waals surface area contributed by atoms with Gasteiger partial charge in [0.05, 0.1) is 10.6 Å². The maximum Gasteiger partial charge on any atom is 0.353 e. The molecule has 2 heterocycles. The molecule has 8 nitrogen and oxygen atoms in total. The smallest absolute Gasteiger partial charge is 0.334 e. The third-order valence-corrected chi connectivity index (χ3v) is 3.64. The van der Waals surface area contributed by atoms with Crippen molar-refractivity contribution in [3.05, 3.63) is 69.2 Å². The van der Waals surface area contributed by atoms with E-state index in [1.807, 2.05) is 0 Å². The topological polar surface area (TPSA) is 106 Å². The molecule has 0 atom stereocenters. The first-order valence-corrected chi connectivity index (χ1v) is 7.69. The highest BCUT2D eigenvalue weighted by Gasteiger charge is 2.24. The van der Waals surface area contributed by atoms with E-state index in [1.54, 1.807) is 36.4 Å². The Morgan fingerprint density at radius 1 is 1.00 bits per heavy atom. The van der Waals surface area contributed by atoms with E-state index >= 15 is 0 Å². The zero-order chi connectivity index (χ0) is 17.8. The van der Waals surface area contributed by atoms with Crippen molar-refractivity contribution in [2.75, 3.05) is 10.6 Å². The third kappa shape index (κ3) is 3.93. The van der Waals surface area contributed by atoms with Crippen LogP contribution in [0.25, 0.3) is 0 Å². The van der Waals surface area contributed by atoms with Crippen LogP contribution in [0.2, 0.25) is 10.2 Å². The molecule has 0 bridgehead atoms. The molecule has 10 heteroatoms. The van der Waals surface area contributed by atoms with Gasteiger partial charge in [-0.15, -0.1) is 0 Å². The Morgan fingerprint density at radius 2 is 1.76 bits per heavy atom. The third-order valence-electron chi connectivity index (χ3n) is 3.10. The maximum absolute atomic E-state index is 11.5. The molecule has 3 aromatic rings. The van der Waals surface area contributed by atoms with E-state index < -0.39 is 4.92 Å². The fourth-order valence-electron chi connectivity index (χ4n) is 2.04. The molecule has 1 aromatic carbocycles. The Balaban J connectivity index is 2.00. The van der Waals surface area contributed by atoms with Crippen LogP contribution in [0.4, 0.5) is 28.7 Å². The molecule has 0 saturated heterocycles.